The number of rotatable bonds is 8. The largest absolute Gasteiger partial charge is 0.466 e. The minimum atomic E-state index is -0.161. The Kier molecular flexibility index (Phi) is 8.51. The summed E-state index contributed by atoms with van der Waals surface area (Å²) in [4.78, 5) is 14.7. The molecule has 0 radical (unpaired) electrons. The Hall–Kier alpha value is -1.81. The number of ether oxygens (including phenoxy) is 2. The Balaban J connectivity index is 1.30. The highest BCUT2D eigenvalue weighted by atomic mass is 32.2. The van der Waals surface area contributed by atoms with E-state index in [0.717, 1.165) is 37.7 Å². The number of halogens is 1. The van der Waals surface area contributed by atoms with E-state index in [1.54, 1.807) is 30.5 Å². The van der Waals surface area contributed by atoms with Crippen LogP contribution in [0.2, 0.25) is 0 Å². The maximum absolute atomic E-state index is 13.6. The van der Waals surface area contributed by atoms with Crippen LogP contribution in [-0.4, -0.2) is 67.8 Å². The quantitative estimate of drug-likeness (QED) is 0.556. The lowest BCUT2D eigenvalue weighted by atomic mass is 9.82. The van der Waals surface area contributed by atoms with Crippen LogP contribution < -0.4 is 10.0 Å². The molecule has 2 aliphatic heterocycles. The van der Waals surface area contributed by atoms with Crippen molar-refractivity contribution in [3.8, 4) is 0 Å². The van der Waals surface area contributed by atoms with Crippen LogP contribution in [0, 0.1) is 11.7 Å². The SMILES string of the molecule is CN(C)SNC1CCN(C(=O)C2=CNCO2)C[C@H]1COC1CCC(c2cccc(F)c2)CC1. The van der Waals surface area contributed by atoms with E-state index in [-0.39, 0.29) is 29.8 Å². The molecule has 2 N–H and O–H groups in total. The van der Waals surface area contributed by atoms with Crippen molar-refractivity contribution >= 4 is 18.0 Å². The van der Waals surface area contributed by atoms with Gasteiger partial charge in [0, 0.05) is 43.4 Å². The lowest BCUT2D eigenvalue weighted by Gasteiger charge is -2.39. The van der Waals surface area contributed by atoms with Crippen LogP contribution in [0.15, 0.2) is 36.2 Å². The molecule has 1 unspecified atom stereocenters. The summed E-state index contributed by atoms with van der Waals surface area (Å²) in [5.41, 5.74) is 1.10. The van der Waals surface area contributed by atoms with Gasteiger partial charge in [-0.3, -0.25) is 4.79 Å². The van der Waals surface area contributed by atoms with E-state index in [0.29, 0.717) is 38.1 Å². The molecule has 2 atom stereocenters. The summed E-state index contributed by atoms with van der Waals surface area (Å²) in [7, 11) is 4.02. The summed E-state index contributed by atoms with van der Waals surface area (Å²) >= 11 is 1.58. The zero-order valence-corrected chi connectivity index (χ0v) is 20.3. The van der Waals surface area contributed by atoms with Gasteiger partial charge in [-0.25, -0.2) is 13.4 Å². The smallest absolute Gasteiger partial charge is 0.290 e. The van der Waals surface area contributed by atoms with Crippen molar-refractivity contribution in [2.24, 2.45) is 5.92 Å². The molecule has 1 saturated heterocycles. The van der Waals surface area contributed by atoms with E-state index in [4.69, 9.17) is 9.47 Å². The van der Waals surface area contributed by atoms with Gasteiger partial charge in [-0.2, -0.15) is 0 Å². The van der Waals surface area contributed by atoms with Crippen LogP contribution in [0.25, 0.3) is 0 Å². The summed E-state index contributed by atoms with van der Waals surface area (Å²) in [6.45, 7) is 2.30. The topological polar surface area (TPSA) is 66.1 Å². The molecule has 0 spiro atoms. The second kappa shape index (κ2) is 11.6. The molecule has 0 bridgehead atoms. The summed E-state index contributed by atoms with van der Waals surface area (Å²) in [6, 6.07) is 7.26. The van der Waals surface area contributed by atoms with Crippen molar-refractivity contribution in [1.29, 1.82) is 0 Å². The normalized spacial score (nSPS) is 27.8. The third kappa shape index (κ3) is 6.62. The molecular weight excluding hydrogens is 443 g/mol. The predicted octanol–water partition coefficient (Wildman–Crippen LogP) is 3.22. The van der Waals surface area contributed by atoms with E-state index in [1.807, 2.05) is 29.4 Å². The maximum atomic E-state index is 13.6. The molecule has 1 aromatic rings. The maximum Gasteiger partial charge on any atom is 0.290 e. The average Bonchev–Trinajstić information content (AvgIpc) is 3.36. The summed E-state index contributed by atoms with van der Waals surface area (Å²) in [5.74, 6) is 0.776. The lowest BCUT2D eigenvalue weighted by Crippen LogP contribution is -2.52. The average molecular weight is 479 g/mol. The van der Waals surface area contributed by atoms with Gasteiger partial charge in [-0.15, -0.1) is 0 Å². The van der Waals surface area contributed by atoms with Gasteiger partial charge < -0.3 is 19.7 Å². The fourth-order valence-corrected chi connectivity index (χ4v) is 5.53. The number of carbonyl (C=O) groups excluding carboxylic acids is 1. The lowest BCUT2D eigenvalue weighted by molar-refractivity contribution is -0.133. The Morgan fingerprint density at radius 2 is 2.12 bits per heavy atom. The minimum Gasteiger partial charge on any atom is -0.466 e. The number of nitrogens with one attached hydrogen (secondary N) is 2. The van der Waals surface area contributed by atoms with Gasteiger partial charge in [0.05, 0.1) is 12.7 Å². The summed E-state index contributed by atoms with van der Waals surface area (Å²) in [6.07, 6.45) is 6.72. The van der Waals surface area contributed by atoms with Crippen molar-refractivity contribution in [2.45, 2.75) is 50.2 Å². The highest BCUT2D eigenvalue weighted by Gasteiger charge is 2.35. The third-order valence-corrected chi connectivity index (χ3v) is 7.48. The van der Waals surface area contributed by atoms with Crippen LogP contribution >= 0.6 is 12.1 Å². The van der Waals surface area contributed by atoms with Crippen LogP contribution in [0.4, 0.5) is 4.39 Å². The number of amides is 1. The van der Waals surface area contributed by atoms with E-state index < -0.39 is 0 Å². The number of nitrogens with zero attached hydrogens (tertiary/aromatic N) is 2. The second-order valence-corrected chi connectivity index (χ2v) is 10.4. The first kappa shape index (κ1) is 24.3. The van der Waals surface area contributed by atoms with Crippen LogP contribution in [0.3, 0.4) is 0 Å². The van der Waals surface area contributed by atoms with Crippen LogP contribution in [-0.2, 0) is 14.3 Å². The Labute approximate surface area is 200 Å². The number of hydrogen-bond acceptors (Lipinski definition) is 7. The molecule has 0 aromatic heterocycles. The highest BCUT2D eigenvalue weighted by molar-refractivity contribution is 7.95. The Bertz CT molecular complexity index is 832. The van der Waals surface area contributed by atoms with Crippen LogP contribution in [0.1, 0.15) is 43.6 Å². The van der Waals surface area contributed by atoms with Crippen molar-refractivity contribution < 1.29 is 18.7 Å². The fourth-order valence-electron chi connectivity index (χ4n) is 4.87. The van der Waals surface area contributed by atoms with Gasteiger partial charge in [0.1, 0.15) is 5.82 Å². The molecular formula is C24H35FN4O3S. The number of benzene rings is 1. The van der Waals surface area contributed by atoms with Gasteiger partial charge in [0.2, 0.25) is 5.76 Å². The minimum absolute atomic E-state index is 0.0562. The monoisotopic (exact) mass is 478 g/mol. The second-order valence-electron chi connectivity index (χ2n) is 9.29. The molecule has 4 rings (SSSR count). The fraction of sp³-hybridized carbons (Fsp3) is 0.625. The molecule has 9 heteroatoms. The zero-order chi connectivity index (χ0) is 23.2. The van der Waals surface area contributed by atoms with Gasteiger partial charge in [-0.05, 0) is 69.8 Å². The Morgan fingerprint density at radius 3 is 2.82 bits per heavy atom. The van der Waals surface area contributed by atoms with Crippen molar-refractivity contribution in [3.05, 3.63) is 47.6 Å². The molecule has 1 amide bonds. The van der Waals surface area contributed by atoms with Crippen molar-refractivity contribution in [3.63, 3.8) is 0 Å². The molecule has 3 aliphatic rings. The zero-order valence-electron chi connectivity index (χ0n) is 19.5. The number of piperidine rings is 1. The van der Waals surface area contributed by atoms with Gasteiger partial charge in [0.15, 0.2) is 6.73 Å². The number of hydrogen-bond donors (Lipinski definition) is 2. The molecule has 1 aliphatic carbocycles. The van der Waals surface area contributed by atoms with E-state index >= 15 is 0 Å². The van der Waals surface area contributed by atoms with Crippen molar-refractivity contribution in [2.75, 3.05) is 40.5 Å². The molecule has 33 heavy (non-hydrogen) atoms. The molecule has 1 saturated carbocycles. The third-order valence-electron chi connectivity index (χ3n) is 6.70. The van der Waals surface area contributed by atoms with Crippen LogP contribution in [0.5, 0.6) is 0 Å². The van der Waals surface area contributed by atoms with E-state index in [2.05, 4.69) is 10.0 Å². The first-order valence-electron chi connectivity index (χ1n) is 11.8. The van der Waals surface area contributed by atoms with Gasteiger partial charge in [-0.1, -0.05) is 12.1 Å². The predicted molar refractivity (Wildman–Crippen MR) is 127 cm³/mol. The van der Waals surface area contributed by atoms with Gasteiger partial charge >= 0.3 is 0 Å². The molecule has 1 aromatic carbocycles. The molecule has 182 valence electrons. The summed E-state index contributed by atoms with van der Waals surface area (Å²) in [5, 5.41) is 2.93. The molecule has 7 nitrogen and oxygen atoms in total. The molecule has 2 heterocycles. The van der Waals surface area contributed by atoms with E-state index in [9.17, 15) is 9.18 Å². The highest BCUT2D eigenvalue weighted by Crippen LogP contribution is 2.35. The van der Waals surface area contributed by atoms with Gasteiger partial charge in [0.25, 0.3) is 5.91 Å². The number of carbonyl (C=O) groups is 1. The first-order valence-corrected chi connectivity index (χ1v) is 12.6. The first-order chi connectivity index (χ1) is 16.0. The standard InChI is InChI=1S/C24H35FN4O3S/c1-28(2)33-27-22-10-11-29(24(30)23-13-26-16-32-23)14-19(22)15-31-21-8-6-17(7-9-21)18-4-3-5-20(25)12-18/h3-5,12-13,17,19,21-22,26-27H,6-11,14-16H2,1-2H3/t17?,19-,21?,22?/m0/s1. The van der Waals surface area contributed by atoms with Crippen molar-refractivity contribution in [1.82, 2.24) is 19.2 Å². The summed E-state index contributed by atoms with van der Waals surface area (Å²) < 4.78 is 31.0. The van der Waals surface area contributed by atoms with E-state index in [1.165, 1.54) is 6.07 Å². The number of likely N-dealkylation sites (tertiary alicyclic amines) is 1. The molecule has 2 fully saturated rings. The Morgan fingerprint density at radius 1 is 1.30 bits per heavy atom.